The summed E-state index contributed by atoms with van der Waals surface area (Å²) in [5, 5.41) is 19.9. The summed E-state index contributed by atoms with van der Waals surface area (Å²) in [7, 11) is 0. The van der Waals surface area contributed by atoms with Crippen LogP contribution >= 0.6 is 0 Å². The fraction of sp³-hybridized carbons (Fsp3) is 0.308. The molecule has 0 saturated heterocycles. The number of H-pyrrole nitrogens is 1. The highest BCUT2D eigenvalue weighted by atomic mass is 16.6. The standard InChI is InChI=1S/C13H15N5O3/c1-3-4-11-15-12(17-16-11)13(19)14-9-5-6-10(18(20)21)8(2)7-9/h5-7H,3-4H2,1-2H3,(H,14,19)(H,15,16,17). The molecule has 0 fully saturated rings. The van der Waals surface area contributed by atoms with Crippen LogP contribution in [0.15, 0.2) is 18.2 Å². The van der Waals surface area contributed by atoms with Crippen molar-refractivity contribution in [3.05, 3.63) is 45.5 Å². The van der Waals surface area contributed by atoms with Crippen LogP contribution in [-0.4, -0.2) is 26.0 Å². The van der Waals surface area contributed by atoms with E-state index in [4.69, 9.17) is 0 Å². The summed E-state index contributed by atoms with van der Waals surface area (Å²) in [5.41, 5.74) is 0.945. The number of nitro groups is 1. The third-order valence-corrected chi connectivity index (χ3v) is 2.87. The zero-order valence-electron chi connectivity index (χ0n) is 11.7. The zero-order chi connectivity index (χ0) is 15.4. The van der Waals surface area contributed by atoms with Gasteiger partial charge in [-0.05, 0) is 25.5 Å². The minimum absolute atomic E-state index is 0.0103. The molecular weight excluding hydrogens is 274 g/mol. The molecule has 2 N–H and O–H groups in total. The first-order valence-corrected chi connectivity index (χ1v) is 6.49. The second-order valence-corrected chi connectivity index (χ2v) is 4.57. The minimum atomic E-state index is -0.465. The van der Waals surface area contributed by atoms with Crippen molar-refractivity contribution in [2.75, 3.05) is 5.32 Å². The molecule has 110 valence electrons. The van der Waals surface area contributed by atoms with Crippen LogP contribution in [0.3, 0.4) is 0 Å². The van der Waals surface area contributed by atoms with Gasteiger partial charge in [-0.2, -0.15) is 0 Å². The number of nitrogens with zero attached hydrogens (tertiary/aromatic N) is 3. The second kappa shape index (κ2) is 6.12. The molecule has 0 radical (unpaired) electrons. The van der Waals surface area contributed by atoms with E-state index in [0.717, 1.165) is 12.8 Å². The van der Waals surface area contributed by atoms with Crippen molar-refractivity contribution < 1.29 is 9.72 Å². The number of anilines is 1. The molecule has 0 unspecified atom stereocenters. The Morgan fingerprint density at radius 2 is 2.24 bits per heavy atom. The summed E-state index contributed by atoms with van der Waals surface area (Å²) in [5.74, 6) is 0.249. The number of hydrogen-bond donors (Lipinski definition) is 2. The van der Waals surface area contributed by atoms with Gasteiger partial charge in [0, 0.05) is 23.7 Å². The van der Waals surface area contributed by atoms with Crippen LogP contribution in [0.1, 0.15) is 35.4 Å². The van der Waals surface area contributed by atoms with Crippen LogP contribution in [-0.2, 0) is 6.42 Å². The smallest absolute Gasteiger partial charge is 0.295 e. The molecule has 21 heavy (non-hydrogen) atoms. The Balaban J connectivity index is 2.11. The zero-order valence-corrected chi connectivity index (χ0v) is 11.7. The molecule has 2 aromatic rings. The van der Waals surface area contributed by atoms with Gasteiger partial charge in [0.1, 0.15) is 5.82 Å². The summed E-state index contributed by atoms with van der Waals surface area (Å²) in [6, 6.07) is 4.36. The summed E-state index contributed by atoms with van der Waals surface area (Å²) in [6.45, 7) is 3.61. The van der Waals surface area contributed by atoms with E-state index in [1.165, 1.54) is 18.2 Å². The fourth-order valence-corrected chi connectivity index (χ4v) is 1.87. The van der Waals surface area contributed by atoms with Gasteiger partial charge in [-0.1, -0.05) is 6.92 Å². The van der Waals surface area contributed by atoms with Gasteiger partial charge in [-0.15, -0.1) is 5.10 Å². The normalized spacial score (nSPS) is 10.4. The van der Waals surface area contributed by atoms with Crippen molar-refractivity contribution in [2.45, 2.75) is 26.7 Å². The Morgan fingerprint density at radius 1 is 1.48 bits per heavy atom. The molecule has 8 nitrogen and oxygen atoms in total. The van der Waals surface area contributed by atoms with Gasteiger partial charge < -0.3 is 5.32 Å². The molecule has 2 rings (SSSR count). The Labute approximate surface area is 120 Å². The number of rotatable bonds is 5. The van der Waals surface area contributed by atoms with Crippen LogP contribution < -0.4 is 5.32 Å². The van der Waals surface area contributed by atoms with E-state index in [0.29, 0.717) is 17.1 Å². The molecule has 0 atom stereocenters. The van der Waals surface area contributed by atoms with Gasteiger partial charge in [-0.25, -0.2) is 4.98 Å². The predicted octanol–water partition coefficient (Wildman–Crippen LogP) is 2.23. The number of amides is 1. The number of aromatic amines is 1. The highest BCUT2D eigenvalue weighted by molar-refractivity contribution is 6.01. The molecule has 0 aliphatic heterocycles. The molecule has 1 heterocycles. The van der Waals surface area contributed by atoms with Gasteiger partial charge >= 0.3 is 0 Å². The van der Waals surface area contributed by atoms with E-state index in [1.54, 1.807) is 6.92 Å². The van der Waals surface area contributed by atoms with Crippen molar-refractivity contribution in [1.29, 1.82) is 0 Å². The minimum Gasteiger partial charge on any atom is -0.319 e. The SMILES string of the molecule is CCCc1nc(C(=O)Nc2ccc([N+](=O)[O-])c(C)c2)n[nH]1. The summed E-state index contributed by atoms with van der Waals surface area (Å²) < 4.78 is 0. The van der Waals surface area contributed by atoms with E-state index in [2.05, 4.69) is 20.5 Å². The molecule has 0 aliphatic rings. The molecule has 0 saturated carbocycles. The maximum Gasteiger partial charge on any atom is 0.295 e. The highest BCUT2D eigenvalue weighted by Gasteiger charge is 2.15. The lowest BCUT2D eigenvalue weighted by Crippen LogP contribution is -2.14. The average Bonchev–Trinajstić information content (AvgIpc) is 2.87. The fourth-order valence-electron chi connectivity index (χ4n) is 1.87. The molecule has 0 bridgehead atoms. The Bertz CT molecular complexity index is 680. The third kappa shape index (κ3) is 3.41. The van der Waals surface area contributed by atoms with Crippen LogP contribution in [0, 0.1) is 17.0 Å². The van der Waals surface area contributed by atoms with Crippen molar-refractivity contribution in [2.24, 2.45) is 0 Å². The van der Waals surface area contributed by atoms with E-state index in [1.807, 2.05) is 6.92 Å². The van der Waals surface area contributed by atoms with E-state index < -0.39 is 10.8 Å². The van der Waals surface area contributed by atoms with Crippen molar-refractivity contribution in [3.63, 3.8) is 0 Å². The second-order valence-electron chi connectivity index (χ2n) is 4.57. The third-order valence-electron chi connectivity index (χ3n) is 2.87. The van der Waals surface area contributed by atoms with Crippen LogP contribution in [0.5, 0.6) is 0 Å². The first-order valence-electron chi connectivity index (χ1n) is 6.49. The Kier molecular flexibility index (Phi) is 4.27. The van der Waals surface area contributed by atoms with Gasteiger partial charge in [0.15, 0.2) is 0 Å². The maximum absolute atomic E-state index is 12.0. The van der Waals surface area contributed by atoms with Crippen molar-refractivity contribution >= 4 is 17.3 Å². The van der Waals surface area contributed by atoms with E-state index >= 15 is 0 Å². The molecule has 0 aliphatic carbocycles. The van der Waals surface area contributed by atoms with Crippen molar-refractivity contribution in [1.82, 2.24) is 15.2 Å². The topological polar surface area (TPSA) is 114 Å². The maximum atomic E-state index is 12.0. The molecule has 8 heteroatoms. The Morgan fingerprint density at radius 3 is 2.86 bits per heavy atom. The van der Waals surface area contributed by atoms with Gasteiger partial charge in [-0.3, -0.25) is 20.0 Å². The number of carbonyl (C=O) groups is 1. The molecule has 0 spiro atoms. The lowest BCUT2D eigenvalue weighted by Gasteiger charge is -2.04. The molecule has 1 aromatic heterocycles. The number of nitro benzene ring substituents is 1. The number of aryl methyl sites for hydroxylation is 2. The van der Waals surface area contributed by atoms with Gasteiger partial charge in [0.2, 0.25) is 5.82 Å². The molecule has 1 amide bonds. The van der Waals surface area contributed by atoms with Crippen molar-refractivity contribution in [3.8, 4) is 0 Å². The molecular formula is C13H15N5O3. The first kappa shape index (κ1) is 14.6. The van der Waals surface area contributed by atoms with Crippen LogP contribution in [0.2, 0.25) is 0 Å². The van der Waals surface area contributed by atoms with E-state index in [-0.39, 0.29) is 11.5 Å². The lowest BCUT2D eigenvalue weighted by atomic mass is 10.2. The lowest BCUT2D eigenvalue weighted by molar-refractivity contribution is -0.385. The number of benzene rings is 1. The Hall–Kier alpha value is -2.77. The quantitative estimate of drug-likeness (QED) is 0.647. The average molecular weight is 289 g/mol. The van der Waals surface area contributed by atoms with Crippen LogP contribution in [0.25, 0.3) is 0 Å². The molecule has 1 aromatic carbocycles. The van der Waals surface area contributed by atoms with Gasteiger partial charge in [0.05, 0.1) is 4.92 Å². The summed E-state index contributed by atoms with van der Waals surface area (Å²) >= 11 is 0. The highest BCUT2D eigenvalue weighted by Crippen LogP contribution is 2.21. The predicted molar refractivity (Wildman–Crippen MR) is 76.2 cm³/mol. The first-order chi connectivity index (χ1) is 10.0. The number of nitrogens with one attached hydrogen (secondary N) is 2. The number of hydrogen-bond acceptors (Lipinski definition) is 5. The largest absolute Gasteiger partial charge is 0.319 e. The van der Waals surface area contributed by atoms with E-state index in [9.17, 15) is 14.9 Å². The summed E-state index contributed by atoms with van der Waals surface area (Å²) in [6.07, 6.45) is 1.62. The summed E-state index contributed by atoms with van der Waals surface area (Å²) in [4.78, 5) is 26.3. The number of aromatic nitrogens is 3. The van der Waals surface area contributed by atoms with Gasteiger partial charge in [0.25, 0.3) is 11.6 Å². The number of carbonyl (C=O) groups excluding carboxylic acids is 1. The van der Waals surface area contributed by atoms with Crippen LogP contribution in [0.4, 0.5) is 11.4 Å². The monoisotopic (exact) mass is 289 g/mol.